The van der Waals surface area contributed by atoms with E-state index in [2.05, 4.69) is 55.4 Å². The van der Waals surface area contributed by atoms with Crippen molar-refractivity contribution in [2.45, 2.75) is 88.0 Å². The van der Waals surface area contributed by atoms with Gasteiger partial charge in [-0.2, -0.15) is 0 Å². The van der Waals surface area contributed by atoms with Gasteiger partial charge in [-0.3, -0.25) is 9.05 Å². The van der Waals surface area contributed by atoms with Crippen molar-refractivity contribution in [2.24, 2.45) is 22.7 Å². The van der Waals surface area contributed by atoms with Gasteiger partial charge in [0.25, 0.3) is 0 Å². The molecule has 0 amide bonds. The summed E-state index contributed by atoms with van der Waals surface area (Å²) in [4.78, 5) is 0. The van der Waals surface area contributed by atoms with Gasteiger partial charge in [-0.25, -0.2) is 4.57 Å². The number of phosphoric ester groups is 1. The molecule has 1 aromatic rings. The van der Waals surface area contributed by atoms with Crippen LogP contribution in [-0.4, -0.2) is 13.2 Å². The molecule has 0 aliphatic carbocycles. The molecule has 0 unspecified atom stereocenters. The Bertz CT molecular complexity index is 630. The molecular weight excluding hydrogens is 395 g/mol. The average Bonchev–Trinajstić information content (AvgIpc) is 2.64. The van der Waals surface area contributed by atoms with Crippen molar-refractivity contribution >= 4 is 7.82 Å². The third-order valence-electron chi connectivity index (χ3n) is 5.26. The van der Waals surface area contributed by atoms with E-state index in [9.17, 15) is 4.57 Å². The molecule has 0 heterocycles. The van der Waals surface area contributed by atoms with Crippen LogP contribution in [0.15, 0.2) is 24.3 Å². The molecule has 4 nitrogen and oxygen atoms in total. The molecule has 0 N–H and O–H groups in total. The van der Waals surface area contributed by atoms with Crippen LogP contribution < -0.4 is 4.52 Å². The smallest absolute Gasteiger partial charge is 0.404 e. The van der Waals surface area contributed by atoms with E-state index in [0.29, 0.717) is 30.8 Å². The zero-order valence-electron chi connectivity index (χ0n) is 20.8. The first-order valence-electron chi connectivity index (χ1n) is 11.4. The third kappa shape index (κ3) is 11.5. The molecular formula is C25H45O4P. The highest BCUT2D eigenvalue weighted by Gasteiger charge is 2.34. The second-order valence-electron chi connectivity index (χ2n) is 11.1. The van der Waals surface area contributed by atoms with Gasteiger partial charge in [-0.05, 0) is 54.6 Å². The molecule has 1 aromatic carbocycles. The third-order valence-corrected chi connectivity index (χ3v) is 6.59. The van der Waals surface area contributed by atoms with Gasteiger partial charge >= 0.3 is 7.82 Å². The molecule has 0 radical (unpaired) electrons. The lowest BCUT2D eigenvalue weighted by Crippen LogP contribution is -2.23. The van der Waals surface area contributed by atoms with Crippen molar-refractivity contribution < 1.29 is 18.1 Å². The summed E-state index contributed by atoms with van der Waals surface area (Å²) in [5, 5.41) is 0. The van der Waals surface area contributed by atoms with Gasteiger partial charge in [0.1, 0.15) is 5.75 Å². The van der Waals surface area contributed by atoms with Gasteiger partial charge in [0.15, 0.2) is 0 Å². The number of hydrogen-bond donors (Lipinski definition) is 0. The summed E-state index contributed by atoms with van der Waals surface area (Å²) in [7, 11) is -3.74. The van der Waals surface area contributed by atoms with E-state index in [0.717, 1.165) is 31.2 Å². The summed E-state index contributed by atoms with van der Waals surface area (Å²) in [5.41, 5.74) is 0.906. The summed E-state index contributed by atoms with van der Waals surface area (Å²) in [5.74, 6) is 1.75. The topological polar surface area (TPSA) is 44.8 Å². The number of aryl methyl sites for hydroxylation is 1. The monoisotopic (exact) mass is 440 g/mol. The van der Waals surface area contributed by atoms with Crippen LogP contribution in [0.5, 0.6) is 5.75 Å². The van der Waals surface area contributed by atoms with Crippen molar-refractivity contribution in [3.05, 3.63) is 29.8 Å². The van der Waals surface area contributed by atoms with E-state index < -0.39 is 7.82 Å². The first-order valence-corrected chi connectivity index (χ1v) is 12.8. The molecule has 0 aliphatic heterocycles. The fourth-order valence-corrected chi connectivity index (χ4v) is 4.40. The maximum Gasteiger partial charge on any atom is 0.530 e. The Morgan fingerprint density at radius 3 is 1.57 bits per heavy atom. The number of benzene rings is 1. The standard InChI is InChI=1S/C25H45O4P/c1-20(2)14-16-24(6,7)18-27-30(26,29-23-12-10-22(5)11-13-23)28-19-25(8,9)17-15-21(3)4/h10-13,20-21H,14-19H2,1-9H3. The van der Waals surface area contributed by atoms with Crippen molar-refractivity contribution in [3.8, 4) is 5.75 Å². The Balaban J connectivity index is 2.87. The lowest BCUT2D eigenvalue weighted by atomic mass is 9.86. The first-order chi connectivity index (χ1) is 13.7. The molecule has 30 heavy (non-hydrogen) atoms. The Morgan fingerprint density at radius 1 is 0.800 bits per heavy atom. The second kappa shape index (κ2) is 11.7. The largest absolute Gasteiger partial charge is 0.530 e. The fourth-order valence-electron chi connectivity index (χ4n) is 2.83. The van der Waals surface area contributed by atoms with Crippen LogP contribution in [0.2, 0.25) is 0 Å². The Labute approximate surface area is 185 Å². The van der Waals surface area contributed by atoms with Crippen molar-refractivity contribution in [3.63, 3.8) is 0 Å². The second-order valence-corrected chi connectivity index (χ2v) is 12.7. The van der Waals surface area contributed by atoms with Crippen LogP contribution in [0.4, 0.5) is 0 Å². The zero-order chi connectivity index (χ0) is 23.0. The lowest BCUT2D eigenvalue weighted by Gasteiger charge is -2.30. The van der Waals surface area contributed by atoms with Crippen LogP contribution in [0.3, 0.4) is 0 Å². The molecule has 0 aromatic heterocycles. The number of hydrogen-bond acceptors (Lipinski definition) is 4. The van der Waals surface area contributed by atoms with E-state index in [1.54, 1.807) is 0 Å². The highest BCUT2D eigenvalue weighted by molar-refractivity contribution is 7.48. The van der Waals surface area contributed by atoms with Crippen LogP contribution in [0, 0.1) is 29.6 Å². The number of phosphoric acid groups is 1. The lowest BCUT2D eigenvalue weighted by molar-refractivity contribution is 0.0744. The van der Waals surface area contributed by atoms with E-state index in [-0.39, 0.29) is 10.8 Å². The molecule has 0 saturated heterocycles. The molecule has 1 rings (SSSR count). The molecule has 0 spiro atoms. The SMILES string of the molecule is Cc1ccc(OP(=O)(OCC(C)(C)CCC(C)C)OCC(C)(C)CCC(C)C)cc1. The Hall–Kier alpha value is -0.830. The Morgan fingerprint density at radius 2 is 1.20 bits per heavy atom. The minimum Gasteiger partial charge on any atom is -0.404 e. The predicted octanol–water partition coefficient (Wildman–Crippen LogP) is 8.44. The van der Waals surface area contributed by atoms with Crippen molar-refractivity contribution in [2.75, 3.05) is 13.2 Å². The van der Waals surface area contributed by atoms with Gasteiger partial charge in [0, 0.05) is 0 Å². The van der Waals surface area contributed by atoms with Crippen molar-refractivity contribution in [1.29, 1.82) is 0 Å². The van der Waals surface area contributed by atoms with Crippen LogP contribution in [0.25, 0.3) is 0 Å². The quantitative estimate of drug-likeness (QED) is 0.272. The molecule has 0 bridgehead atoms. The molecule has 0 atom stereocenters. The van der Waals surface area contributed by atoms with Gasteiger partial charge < -0.3 is 4.52 Å². The molecule has 5 heteroatoms. The van der Waals surface area contributed by atoms with Gasteiger partial charge in [-0.15, -0.1) is 0 Å². The maximum absolute atomic E-state index is 13.6. The Kier molecular flexibility index (Phi) is 10.6. The average molecular weight is 441 g/mol. The van der Waals surface area contributed by atoms with E-state index >= 15 is 0 Å². The first kappa shape index (κ1) is 27.2. The minimum absolute atomic E-state index is 0.104. The predicted molar refractivity (Wildman–Crippen MR) is 127 cm³/mol. The van der Waals surface area contributed by atoms with E-state index in [1.807, 2.05) is 31.2 Å². The fraction of sp³-hybridized carbons (Fsp3) is 0.760. The summed E-state index contributed by atoms with van der Waals surface area (Å²) in [6.07, 6.45) is 4.19. The van der Waals surface area contributed by atoms with E-state index in [4.69, 9.17) is 13.6 Å². The van der Waals surface area contributed by atoms with Crippen molar-refractivity contribution in [1.82, 2.24) is 0 Å². The summed E-state index contributed by atoms with van der Waals surface area (Å²) in [6, 6.07) is 7.47. The normalized spacial score (nSPS) is 13.3. The van der Waals surface area contributed by atoms with E-state index in [1.165, 1.54) is 0 Å². The van der Waals surface area contributed by atoms with Gasteiger partial charge in [0.05, 0.1) is 13.2 Å². The summed E-state index contributed by atoms with van der Waals surface area (Å²) >= 11 is 0. The molecule has 0 aliphatic rings. The molecule has 0 fully saturated rings. The van der Waals surface area contributed by atoms with Gasteiger partial charge in [-0.1, -0.05) is 85.9 Å². The molecule has 0 saturated carbocycles. The maximum atomic E-state index is 13.6. The van der Waals surface area contributed by atoms with Crippen LogP contribution in [-0.2, 0) is 13.6 Å². The zero-order valence-corrected chi connectivity index (χ0v) is 21.7. The summed E-state index contributed by atoms with van der Waals surface area (Å²) < 4.78 is 31.2. The highest BCUT2D eigenvalue weighted by Crippen LogP contribution is 2.52. The van der Waals surface area contributed by atoms with Gasteiger partial charge in [0.2, 0.25) is 0 Å². The van der Waals surface area contributed by atoms with Crippen LogP contribution in [0.1, 0.15) is 86.6 Å². The highest BCUT2D eigenvalue weighted by atomic mass is 31.2. The minimum atomic E-state index is -3.74. The molecule has 174 valence electrons. The number of rotatable bonds is 14. The summed E-state index contributed by atoms with van der Waals surface area (Å²) in [6.45, 7) is 20.1. The van der Waals surface area contributed by atoms with Crippen LogP contribution >= 0.6 is 7.82 Å².